The van der Waals surface area contributed by atoms with Gasteiger partial charge in [-0.2, -0.15) is 5.26 Å². The average molecular weight is 177 g/mol. The zero-order chi connectivity index (χ0) is 10.0. The molecule has 0 saturated heterocycles. The Bertz CT molecular complexity index is 407. The summed E-state index contributed by atoms with van der Waals surface area (Å²) in [5, 5.41) is 17.2. The van der Waals surface area contributed by atoms with Crippen LogP contribution in [0, 0.1) is 11.3 Å². The monoisotopic (exact) mass is 177 g/mol. The number of nitrogens with zero attached hydrogens (tertiary/aromatic N) is 1. The number of carboxylic acids is 1. The van der Waals surface area contributed by atoms with E-state index >= 15 is 0 Å². The van der Waals surface area contributed by atoms with Crippen molar-refractivity contribution >= 4 is 17.3 Å². The molecular formula is C8H7N3O2. The Morgan fingerprint density at radius 1 is 1.46 bits per heavy atom. The third-order valence-corrected chi connectivity index (χ3v) is 1.58. The number of nitrogens with two attached hydrogens (primary N) is 2. The molecule has 5 heteroatoms. The summed E-state index contributed by atoms with van der Waals surface area (Å²) in [5.74, 6) is -1.14. The van der Waals surface area contributed by atoms with Gasteiger partial charge in [-0.1, -0.05) is 0 Å². The summed E-state index contributed by atoms with van der Waals surface area (Å²) in [6.07, 6.45) is 0. The topological polar surface area (TPSA) is 113 Å². The van der Waals surface area contributed by atoms with Crippen LogP contribution in [0.25, 0.3) is 0 Å². The molecule has 1 aromatic carbocycles. The molecule has 0 fully saturated rings. The predicted molar refractivity (Wildman–Crippen MR) is 46.9 cm³/mol. The van der Waals surface area contributed by atoms with Gasteiger partial charge in [0.1, 0.15) is 6.07 Å². The molecule has 0 spiro atoms. The van der Waals surface area contributed by atoms with E-state index in [9.17, 15) is 4.79 Å². The Morgan fingerprint density at radius 3 is 2.54 bits per heavy atom. The first-order valence-electron chi connectivity index (χ1n) is 3.38. The average Bonchev–Trinajstić information content (AvgIpc) is 2.09. The van der Waals surface area contributed by atoms with Gasteiger partial charge in [-0.05, 0) is 12.1 Å². The third kappa shape index (κ3) is 1.51. The van der Waals surface area contributed by atoms with Gasteiger partial charge in [-0.25, -0.2) is 4.79 Å². The molecule has 0 atom stereocenters. The molecule has 0 radical (unpaired) electrons. The van der Waals surface area contributed by atoms with Gasteiger partial charge in [0.05, 0.1) is 22.5 Å². The first-order valence-corrected chi connectivity index (χ1v) is 3.38. The highest BCUT2D eigenvalue weighted by Crippen LogP contribution is 2.21. The van der Waals surface area contributed by atoms with Gasteiger partial charge in [0, 0.05) is 0 Å². The van der Waals surface area contributed by atoms with Crippen LogP contribution >= 0.6 is 0 Å². The molecule has 13 heavy (non-hydrogen) atoms. The minimum Gasteiger partial charge on any atom is -0.478 e. The molecular weight excluding hydrogens is 170 g/mol. The van der Waals surface area contributed by atoms with E-state index in [0.29, 0.717) is 0 Å². The van der Waals surface area contributed by atoms with Crippen LogP contribution in [0.4, 0.5) is 11.4 Å². The fraction of sp³-hybridized carbons (Fsp3) is 0. The Morgan fingerprint density at radius 2 is 2.08 bits per heavy atom. The van der Waals surface area contributed by atoms with Crippen LogP contribution < -0.4 is 11.5 Å². The van der Waals surface area contributed by atoms with E-state index in [4.69, 9.17) is 21.8 Å². The van der Waals surface area contributed by atoms with Crippen molar-refractivity contribution in [3.05, 3.63) is 23.3 Å². The van der Waals surface area contributed by atoms with Crippen LogP contribution in [0.5, 0.6) is 0 Å². The normalized spacial score (nSPS) is 9.15. The molecule has 1 aromatic rings. The highest BCUT2D eigenvalue weighted by atomic mass is 16.4. The van der Waals surface area contributed by atoms with Gasteiger partial charge < -0.3 is 16.6 Å². The van der Waals surface area contributed by atoms with E-state index in [1.807, 2.05) is 0 Å². The Labute approximate surface area is 74.2 Å². The Balaban J connectivity index is 3.41. The summed E-state index contributed by atoms with van der Waals surface area (Å²) in [6, 6.07) is 4.17. The fourth-order valence-electron chi connectivity index (χ4n) is 0.892. The van der Waals surface area contributed by atoms with Crippen LogP contribution in [-0.4, -0.2) is 11.1 Å². The second kappa shape index (κ2) is 3.03. The van der Waals surface area contributed by atoms with E-state index < -0.39 is 5.97 Å². The van der Waals surface area contributed by atoms with Gasteiger partial charge in [-0.3, -0.25) is 0 Å². The van der Waals surface area contributed by atoms with Gasteiger partial charge in [0.2, 0.25) is 0 Å². The summed E-state index contributed by atoms with van der Waals surface area (Å²) in [7, 11) is 0. The zero-order valence-corrected chi connectivity index (χ0v) is 6.61. The largest absolute Gasteiger partial charge is 0.478 e. The maximum Gasteiger partial charge on any atom is 0.335 e. The Kier molecular flexibility index (Phi) is 2.07. The number of nitriles is 1. The van der Waals surface area contributed by atoms with Gasteiger partial charge in [-0.15, -0.1) is 0 Å². The number of hydrogen-bond donors (Lipinski definition) is 3. The smallest absolute Gasteiger partial charge is 0.335 e. The summed E-state index contributed by atoms with van der Waals surface area (Å²) in [4.78, 5) is 10.5. The standard InChI is InChI=1S/C8H7N3O2/c9-3-5-1-4(8(12)13)2-6(10)7(5)11/h1-2H,10-11H2,(H,12,13). The molecule has 0 bridgehead atoms. The molecule has 66 valence electrons. The van der Waals surface area contributed by atoms with Crippen molar-refractivity contribution in [1.82, 2.24) is 0 Å². The molecule has 0 aromatic heterocycles. The highest BCUT2D eigenvalue weighted by Gasteiger charge is 2.09. The van der Waals surface area contributed by atoms with Crippen LogP contribution in [0.15, 0.2) is 12.1 Å². The van der Waals surface area contributed by atoms with Crippen molar-refractivity contribution in [2.75, 3.05) is 11.5 Å². The molecule has 5 N–H and O–H groups in total. The van der Waals surface area contributed by atoms with Crippen LogP contribution in [-0.2, 0) is 0 Å². The minimum absolute atomic E-state index is 0.0387. The number of benzene rings is 1. The molecule has 0 saturated carbocycles. The van der Waals surface area contributed by atoms with Gasteiger partial charge in [0.25, 0.3) is 0 Å². The van der Waals surface area contributed by atoms with Crippen LogP contribution in [0.1, 0.15) is 15.9 Å². The number of nitrogen functional groups attached to an aromatic ring is 2. The maximum atomic E-state index is 10.5. The minimum atomic E-state index is -1.14. The first kappa shape index (κ1) is 8.87. The van der Waals surface area contributed by atoms with Crippen LogP contribution in [0.3, 0.4) is 0 Å². The van der Waals surface area contributed by atoms with Crippen molar-refractivity contribution in [3.8, 4) is 6.07 Å². The van der Waals surface area contributed by atoms with Crippen molar-refractivity contribution in [2.24, 2.45) is 0 Å². The summed E-state index contributed by atoms with van der Waals surface area (Å²) >= 11 is 0. The summed E-state index contributed by atoms with van der Waals surface area (Å²) in [6.45, 7) is 0. The van der Waals surface area contributed by atoms with Gasteiger partial charge in [0.15, 0.2) is 0 Å². The van der Waals surface area contributed by atoms with E-state index in [0.717, 1.165) is 0 Å². The number of hydrogen-bond acceptors (Lipinski definition) is 4. The molecule has 0 aliphatic heterocycles. The molecule has 0 amide bonds. The molecule has 0 aliphatic rings. The maximum absolute atomic E-state index is 10.5. The van der Waals surface area contributed by atoms with Crippen molar-refractivity contribution in [2.45, 2.75) is 0 Å². The molecule has 5 nitrogen and oxygen atoms in total. The lowest BCUT2D eigenvalue weighted by Gasteiger charge is -2.03. The number of rotatable bonds is 1. The highest BCUT2D eigenvalue weighted by molar-refractivity contribution is 5.91. The SMILES string of the molecule is N#Cc1cc(C(=O)O)cc(N)c1N. The summed E-state index contributed by atoms with van der Waals surface area (Å²) < 4.78 is 0. The lowest BCUT2D eigenvalue weighted by molar-refractivity contribution is 0.0697. The molecule has 0 unspecified atom stereocenters. The van der Waals surface area contributed by atoms with E-state index in [1.54, 1.807) is 6.07 Å². The zero-order valence-electron chi connectivity index (χ0n) is 6.61. The van der Waals surface area contributed by atoms with Gasteiger partial charge >= 0.3 is 5.97 Å². The van der Waals surface area contributed by atoms with Crippen molar-refractivity contribution in [3.63, 3.8) is 0 Å². The second-order valence-electron chi connectivity index (χ2n) is 2.44. The third-order valence-electron chi connectivity index (χ3n) is 1.58. The van der Waals surface area contributed by atoms with Crippen molar-refractivity contribution < 1.29 is 9.90 Å². The molecule has 0 heterocycles. The molecule has 0 aliphatic carbocycles. The number of carbonyl (C=O) groups is 1. The first-order chi connectivity index (χ1) is 6.06. The molecule has 1 rings (SSSR count). The number of anilines is 2. The van der Waals surface area contributed by atoms with Crippen molar-refractivity contribution in [1.29, 1.82) is 5.26 Å². The lowest BCUT2D eigenvalue weighted by atomic mass is 10.1. The predicted octanol–water partition coefficient (Wildman–Crippen LogP) is 0.421. The van der Waals surface area contributed by atoms with E-state index in [-0.39, 0.29) is 22.5 Å². The number of aromatic carboxylic acids is 1. The van der Waals surface area contributed by atoms with Crippen LogP contribution in [0.2, 0.25) is 0 Å². The fourth-order valence-corrected chi connectivity index (χ4v) is 0.892. The summed E-state index contributed by atoms with van der Waals surface area (Å²) in [5.41, 5.74) is 11.1. The van der Waals surface area contributed by atoms with E-state index in [1.165, 1.54) is 12.1 Å². The lowest BCUT2D eigenvalue weighted by Crippen LogP contribution is -2.03. The number of carboxylic acid groups (broad SMARTS) is 1. The Hall–Kier alpha value is -2.22. The quantitative estimate of drug-likeness (QED) is 0.538. The van der Waals surface area contributed by atoms with E-state index in [2.05, 4.69) is 0 Å². The second-order valence-corrected chi connectivity index (χ2v) is 2.44.